The third-order valence-electron chi connectivity index (χ3n) is 4.41. The quantitative estimate of drug-likeness (QED) is 0.552. The number of nitrogens with one attached hydrogen (secondary N) is 1. The molecule has 0 saturated heterocycles. The fraction of sp³-hybridized carbons (Fsp3) is 0.150. The molecule has 2 aromatic carbocycles. The molecule has 0 radical (unpaired) electrons. The fourth-order valence-electron chi connectivity index (χ4n) is 2.98. The Morgan fingerprint density at radius 1 is 1.20 bits per heavy atom. The molecule has 0 amide bonds. The van der Waals surface area contributed by atoms with Gasteiger partial charge in [0.25, 0.3) is 0 Å². The zero-order valence-electron chi connectivity index (χ0n) is 13.9. The number of rotatable bonds is 5. The van der Waals surface area contributed by atoms with E-state index in [2.05, 4.69) is 47.0 Å². The minimum Gasteiger partial charge on any atom is -0.508 e. The van der Waals surface area contributed by atoms with Crippen LogP contribution in [0.3, 0.4) is 0 Å². The van der Waals surface area contributed by atoms with Gasteiger partial charge in [-0.25, -0.2) is 4.68 Å². The predicted molar refractivity (Wildman–Crippen MR) is 102 cm³/mol. The Kier molecular flexibility index (Phi) is 4.26. The highest BCUT2D eigenvalue weighted by Crippen LogP contribution is 2.30. The lowest BCUT2D eigenvalue weighted by Crippen LogP contribution is -2.18. The lowest BCUT2D eigenvalue weighted by atomic mass is 10.1. The van der Waals surface area contributed by atoms with Crippen LogP contribution >= 0.6 is 11.3 Å². The summed E-state index contributed by atoms with van der Waals surface area (Å²) in [5, 5.41) is 21.5. The summed E-state index contributed by atoms with van der Waals surface area (Å²) in [6.07, 6.45) is 3.64. The van der Waals surface area contributed by atoms with Crippen LogP contribution in [0.15, 0.2) is 66.3 Å². The number of phenols is 1. The average Bonchev–Trinajstić information content (AvgIpc) is 3.30. The maximum Gasteiger partial charge on any atom is 0.120 e. The van der Waals surface area contributed by atoms with Crippen molar-refractivity contribution in [3.63, 3.8) is 0 Å². The van der Waals surface area contributed by atoms with Crippen molar-refractivity contribution in [2.75, 3.05) is 0 Å². The Morgan fingerprint density at radius 3 is 2.92 bits per heavy atom. The summed E-state index contributed by atoms with van der Waals surface area (Å²) in [6.45, 7) is 2.75. The van der Waals surface area contributed by atoms with Crippen LogP contribution < -0.4 is 5.32 Å². The molecule has 4 rings (SSSR count). The van der Waals surface area contributed by atoms with E-state index in [1.807, 2.05) is 24.4 Å². The van der Waals surface area contributed by atoms with Crippen LogP contribution in [0.2, 0.25) is 0 Å². The Labute approximate surface area is 150 Å². The van der Waals surface area contributed by atoms with Crippen molar-refractivity contribution < 1.29 is 5.11 Å². The third kappa shape index (κ3) is 3.16. The van der Waals surface area contributed by atoms with Crippen molar-refractivity contribution in [3.8, 4) is 11.4 Å². The summed E-state index contributed by atoms with van der Waals surface area (Å²) in [5.74, 6) is 0.297. The Balaban J connectivity index is 1.54. The maximum absolute atomic E-state index is 10.2. The maximum atomic E-state index is 10.2. The van der Waals surface area contributed by atoms with Gasteiger partial charge in [0, 0.05) is 35.2 Å². The first-order valence-corrected chi connectivity index (χ1v) is 9.12. The van der Waals surface area contributed by atoms with Crippen LogP contribution in [0, 0.1) is 0 Å². The van der Waals surface area contributed by atoms with Gasteiger partial charge < -0.3 is 10.4 Å². The molecule has 2 N–H and O–H groups in total. The molecule has 1 unspecified atom stereocenters. The minimum atomic E-state index is 0.198. The average molecular weight is 349 g/mol. The molecular weight excluding hydrogens is 330 g/mol. The van der Waals surface area contributed by atoms with Gasteiger partial charge in [-0.1, -0.05) is 18.2 Å². The molecule has 0 spiro atoms. The molecular formula is C20H19N3OS. The molecule has 4 aromatic rings. The highest BCUT2D eigenvalue weighted by atomic mass is 32.1. The molecule has 2 heterocycles. The fourth-order valence-corrected chi connectivity index (χ4v) is 4.04. The Hall–Kier alpha value is -2.63. The first-order valence-electron chi connectivity index (χ1n) is 8.24. The standard InChI is InChI=1S/C20H19N3OS/c1-14(18-13-25-20-6-3-2-5-17(18)20)21-12-15-11-16(7-8-19(15)24)23-10-4-9-22-23/h2-11,13-14,21,24H,12H2,1H3. The second kappa shape index (κ2) is 6.70. The van der Waals surface area contributed by atoms with E-state index in [9.17, 15) is 5.11 Å². The van der Waals surface area contributed by atoms with E-state index in [0.717, 1.165) is 11.3 Å². The third-order valence-corrected chi connectivity index (χ3v) is 5.39. The van der Waals surface area contributed by atoms with Crippen LogP contribution in [-0.2, 0) is 6.54 Å². The second-order valence-electron chi connectivity index (χ2n) is 6.05. The van der Waals surface area contributed by atoms with Crippen LogP contribution in [-0.4, -0.2) is 14.9 Å². The van der Waals surface area contributed by atoms with Gasteiger partial charge in [0.1, 0.15) is 5.75 Å². The Morgan fingerprint density at radius 2 is 2.08 bits per heavy atom. The number of hydrogen-bond donors (Lipinski definition) is 2. The van der Waals surface area contributed by atoms with Gasteiger partial charge in [0.2, 0.25) is 0 Å². The topological polar surface area (TPSA) is 50.1 Å². The van der Waals surface area contributed by atoms with E-state index < -0.39 is 0 Å². The van der Waals surface area contributed by atoms with Crippen molar-refractivity contribution >= 4 is 21.4 Å². The Bertz CT molecular complexity index is 991. The monoisotopic (exact) mass is 349 g/mol. The number of nitrogens with zero attached hydrogens (tertiary/aromatic N) is 2. The van der Waals surface area contributed by atoms with Gasteiger partial charge in [0.15, 0.2) is 0 Å². The normalized spacial score (nSPS) is 12.5. The molecule has 0 aliphatic rings. The lowest BCUT2D eigenvalue weighted by molar-refractivity contribution is 0.460. The number of aromatic nitrogens is 2. The van der Waals surface area contributed by atoms with Gasteiger partial charge in [-0.15, -0.1) is 11.3 Å². The second-order valence-corrected chi connectivity index (χ2v) is 6.96. The zero-order chi connectivity index (χ0) is 17.2. The first kappa shape index (κ1) is 15.9. The smallest absolute Gasteiger partial charge is 0.120 e. The number of phenolic OH excluding ortho intramolecular Hbond substituents is 1. The number of fused-ring (bicyclic) bond motifs is 1. The number of thiophene rings is 1. The van der Waals surface area contributed by atoms with Crippen molar-refractivity contribution in [1.29, 1.82) is 0 Å². The summed E-state index contributed by atoms with van der Waals surface area (Å²) < 4.78 is 3.09. The number of aromatic hydroxyl groups is 1. The van der Waals surface area contributed by atoms with E-state index in [0.29, 0.717) is 12.3 Å². The van der Waals surface area contributed by atoms with Crippen LogP contribution in [0.4, 0.5) is 0 Å². The summed E-state index contributed by atoms with van der Waals surface area (Å²) >= 11 is 1.77. The lowest BCUT2D eigenvalue weighted by Gasteiger charge is -2.15. The summed E-state index contributed by atoms with van der Waals surface area (Å²) in [6, 6.07) is 16.1. The molecule has 0 bridgehead atoms. The summed E-state index contributed by atoms with van der Waals surface area (Å²) in [5.41, 5.74) is 3.09. The molecule has 2 aromatic heterocycles. The van der Waals surface area contributed by atoms with E-state index >= 15 is 0 Å². The highest BCUT2D eigenvalue weighted by Gasteiger charge is 2.12. The molecule has 1 atom stereocenters. The molecule has 4 nitrogen and oxygen atoms in total. The molecule has 0 fully saturated rings. The molecule has 126 valence electrons. The van der Waals surface area contributed by atoms with Gasteiger partial charge in [-0.3, -0.25) is 0 Å². The van der Waals surface area contributed by atoms with Gasteiger partial charge in [0.05, 0.1) is 5.69 Å². The predicted octanol–water partition coefficient (Wildman–Crippen LogP) is 4.64. The number of benzene rings is 2. The van der Waals surface area contributed by atoms with E-state index in [4.69, 9.17) is 0 Å². The van der Waals surface area contributed by atoms with Crippen molar-refractivity contribution in [3.05, 3.63) is 77.4 Å². The first-order chi connectivity index (χ1) is 12.2. The van der Waals surface area contributed by atoms with Gasteiger partial charge in [-0.2, -0.15) is 5.10 Å². The van der Waals surface area contributed by atoms with E-state index in [1.54, 1.807) is 28.3 Å². The molecule has 0 aliphatic heterocycles. The van der Waals surface area contributed by atoms with E-state index in [-0.39, 0.29) is 6.04 Å². The minimum absolute atomic E-state index is 0.198. The zero-order valence-corrected chi connectivity index (χ0v) is 14.7. The van der Waals surface area contributed by atoms with Crippen LogP contribution in [0.5, 0.6) is 5.75 Å². The van der Waals surface area contributed by atoms with Gasteiger partial charge >= 0.3 is 0 Å². The van der Waals surface area contributed by atoms with E-state index in [1.165, 1.54) is 15.6 Å². The summed E-state index contributed by atoms with van der Waals surface area (Å²) in [7, 11) is 0. The van der Waals surface area contributed by atoms with Crippen molar-refractivity contribution in [2.24, 2.45) is 0 Å². The largest absolute Gasteiger partial charge is 0.508 e. The molecule has 25 heavy (non-hydrogen) atoms. The highest BCUT2D eigenvalue weighted by molar-refractivity contribution is 7.17. The van der Waals surface area contributed by atoms with Crippen molar-refractivity contribution in [2.45, 2.75) is 19.5 Å². The molecule has 0 saturated carbocycles. The molecule has 0 aliphatic carbocycles. The van der Waals surface area contributed by atoms with Crippen LogP contribution in [0.25, 0.3) is 15.8 Å². The molecule has 5 heteroatoms. The SMILES string of the molecule is CC(NCc1cc(-n2cccn2)ccc1O)c1csc2ccccc12. The van der Waals surface area contributed by atoms with Gasteiger partial charge in [-0.05, 0) is 53.6 Å². The number of hydrogen-bond acceptors (Lipinski definition) is 4. The summed E-state index contributed by atoms with van der Waals surface area (Å²) in [4.78, 5) is 0. The van der Waals surface area contributed by atoms with Crippen molar-refractivity contribution in [1.82, 2.24) is 15.1 Å². The van der Waals surface area contributed by atoms with Crippen LogP contribution in [0.1, 0.15) is 24.1 Å².